The maximum absolute atomic E-state index is 12.6. The van der Waals surface area contributed by atoms with E-state index in [1.807, 2.05) is 0 Å². The first-order chi connectivity index (χ1) is 14.3. The van der Waals surface area contributed by atoms with E-state index in [9.17, 15) is 18.3 Å². The fraction of sp³-hybridized carbons (Fsp3) is 0.421. The van der Waals surface area contributed by atoms with E-state index in [1.165, 1.54) is 16.4 Å². The SMILES string of the molecule is O=C(NCC(O)COc1cccc(Cl)c1Cl)c1ccc(S(=O)(=O)N2CCCCC2)o1. The number of hydrogen-bond donors (Lipinski definition) is 2. The van der Waals surface area contributed by atoms with Gasteiger partial charge in [0.2, 0.25) is 5.09 Å². The Morgan fingerprint density at radius 3 is 2.67 bits per heavy atom. The van der Waals surface area contributed by atoms with Crippen LogP contribution in [-0.2, 0) is 10.0 Å². The Bertz CT molecular complexity index is 989. The first-order valence-electron chi connectivity index (χ1n) is 9.42. The quantitative estimate of drug-likeness (QED) is 0.605. The molecule has 2 aromatic rings. The van der Waals surface area contributed by atoms with Gasteiger partial charge in [0.1, 0.15) is 23.5 Å². The number of piperidine rings is 1. The fourth-order valence-electron chi connectivity index (χ4n) is 2.95. The van der Waals surface area contributed by atoms with Crippen LogP contribution in [0, 0.1) is 0 Å². The van der Waals surface area contributed by atoms with E-state index < -0.39 is 22.0 Å². The van der Waals surface area contributed by atoms with Gasteiger partial charge in [-0.05, 0) is 37.1 Å². The Morgan fingerprint density at radius 2 is 1.93 bits per heavy atom. The molecule has 2 N–H and O–H groups in total. The Morgan fingerprint density at radius 1 is 1.20 bits per heavy atom. The molecule has 11 heteroatoms. The standard InChI is InChI=1S/C19H22Cl2N2O6S/c20-14-5-4-6-15(18(14)21)28-12-13(24)11-22-19(25)16-7-8-17(29-16)30(26,27)23-9-2-1-3-10-23/h4-8,13,24H,1-3,9-12H2,(H,22,25). The zero-order valence-corrected chi connectivity index (χ0v) is 18.3. The summed E-state index contributed by atoms with van der Waals surface area (Å²) >= 11 is 11.9. The minimum atomic E-state index is -3.76. The molecule has 3 rings (SSSR count). The van der Waals surface area contributed by atoms with Crippen molar-refractivity contribution in [3.05, 3.63) is 46.1 Å². The van der Waals surface area contributed by atoms with Crippen LogP contribution in [0.1, 0.15) is 29.8 Å². The van der Waals surface area contributed by atoms with Gasteiger partial charge in [-0.3, -0.25) is 4.79 Å². The number of sulfonamides is 1. The molecular formula is C19H22Cl2N2O6S. The third-order valence-corrected chi connectivity index (χ3v) is 7.13. The first-order valence-corrected chi connectivity index (χ1v) is 11.6. The Labute approximate surface area is 184 Å². The number of aliphatic hydroxyl groups excluding tert-OH is 1. The third kappa shape index (κ3) is 5.47. The van der Waals surface area contributed by atoms with E-state index in [-0.39, 0.29) is 29.0 Å². The van der Waals surface area contributed by atoms with Gasteiger partial charge in [-0.25, -0.2) is 8.42 Å². The van der Waals surface area contributed by atoms with Gasteiger partial charge in [-0.15, -0.1) is 0 Å². The van der Waals surface area contributed by atoms with Crippen LogP contribution in [0.15, 0.2) is 39.8 Å². The summed E-state index contributed by atoms with van der Waals surface area (Å²) in [5, 5.41) is 12.8. The molecule has 1 fully saturated rings. The number of nitrogens with zero attached hydrogens (tertiary/aromatic N) is 1. The van der Waals surface area contributed by atoms with E-state index in [0.29, 0.717) is 23.9 Å². The number of rotatable bonds is 8. The average molecular weight is 477 g/mol. The summed E-state index contributed by atoms with van der Waals surface area (Å²) in [6.45, 7) is 0.611. The molecule has 164 valence electrons. The number of furan rings is 1. The summed E-state index contributed by atoms with van der Waals surface area (Å²) in [5.41, 5.74) is 0. The van der Waals surface area contributed by atoms with Crippen molar-refractivity contribution in [1.29, 1.82) is 0 Å². The van der Waals surface area contributed by atoms with Gasteiger partial charge in [0.25, 0.3) is 15.9 Å². The Balaban J connectivity index is 1.52. The summed E-state index contributed by atoms with van der Waals surface area (Å²) < 4.78 is 37.2. The molecule has 1 aromatic heterocycles. The number of hydrogen-bond acceptors (Lipinski definition) is 6. The molecule has 1 aliphatic rings. The molecular weight excluding hydrogens is 455 g/mol. The molecule has 1 atom stereocenters. The molecule has 1 aromatic carbocycles. The number of nitrogens with one attached hydrogen (secondary N) is 1. The highest BCUT2D eigenvalue weighted by Crippen LogP contribution is 2.31. The predicted octanol–water partition coefficient (Wildman–Crippen LogP) is 2.93. The molecule has 0 spiro atoms. The molecule has 0 bridgehead atoms. The predicted molar refractivity (Wildman–Crippen MR) is 112 cm³/mol. The van der Waals surface area contributed by atoms with Crippen LogP contribution < -0.4 is 10.1 Å². The van der Waals surface area contributed by atoms with Crippen LogP contribution in [-0.4, -0.2) is 56.1 Å². The Hall–Kier alpha value is -1.78. The molecule has 1 saturated heterocycles. The summed E-state index contributed by atoms with van der Waals surface area (Å²) in [6, 6.07) is 7.42. The molecule has 30 heavy (non-hydrogen) atoms. The largest absolute Gasteiger partial charge is 0.489 e. The third-order valence-electron chi connectivity index (χ3n) is 4.56. The fourth-order valence-corrected chi connectivity index (χ4v) is 4.73. The molecule has 8 nitrogen and oxygen atoms in total. The summed E-state index contributed by atoms with van der Waals surface area (Å²) in [4.78, 5) is 12.2. The average Bonchev–Trinajstić information content (AvgIpc) is 3.25. The molecule has 0 aliphatic carbocycles. The second-order valence-electron chi connectivity index (χ2n) is 6.81. The maximum Gasteiger partial charge on any atom is 0.287 e. The van der Waals surface area contributed by atoms with E-state index >= 15 is 0 Å². The monoisotopic (exact) mass is 476 g/mol. The van der Waals surface area contributed by atoms with Gasteiger partial charge in [-0.1, -0.05) is 35.7 Å². The number of ether oxygens (including phenoxy) is 1. The van der Waals surface area contributed by atoms with E-state index in [1.54, 1.807) is 18.2 Å². The van der Waals surface area contributed by atoms with Crippen LogP contribution in [0.2, 0.25) is 10.0 Å². The lowest BCUT2D eigenvalue weighted by molar-refractivity contribution is 0.0818. The van der Waals surface area contributed by atoms with Crippen molar-refractivity contribution in [1.82, 2.24) is 9.62 Å². The van der Waals surface area contributed by atoms with Crippen molar-refractivity contribution in [3.8, 4) is 5.75 Å². The van der Waals surface area contributed by atoms with Gasteiger partial charge in [0.15, 0.2) is 5.76 Å². The van der Waals surface area contributed by atoms with Gasteiger partial charge >= 0.3 is 0 Å². The van der Waals surface area contributed by atoms with Gasteiger partial charge in [-0.2, -0.15) is 4.31 Å². The Kier molecular flexibility index (Phi) is 7.65. The highest BCUT2D eigenvalue weighted by molar-refractivity contribution is 7.89. The number of carbonyl (C=O) groups excluding carboxylic acids is 1. The van der Waals surface area contributed by atoms with Crippen LogP contribution in [0.5, 0.6) is 5.75 Å². The minimum absolute atomic E-state index is 0.132. The zero-order chi connectivity index (χ0) is 21.7. The molecule has 1 amide bonds. The van der Waals surface area contributed by atoms with Gasteiger partial charge < -0.3 is 19.6 Å². The van der Waals surface area contributed by atoms with E-state index in [2.05, 4.69) is 5.32 Å². The number of amides is 1. The van der Waals surface area contributed by atoms with Crippen LogP contribution in [0.3, 0.4) is 0 Å². The highest BCUT2D eigenvalue weighted by atomic mass is 35.5. The maximum atomic E-state index is 12.6. The molecule has 0 radical (unpaired) electrons. The number of aliphatic hydroxyl groups is 1. The van der Waals surface area contributed by atoms with Crippen molar-refractivity contribution in [3.63, 3.8) is 0 Å². The molecule has 2 heterocycles. The smallest absolute Gasteiger partial charge is 0.287 e. The van der Waals surface area contributed by atoms with E-state index in [4.69, 9.17) is 32.4 Å². The zero-order valence-electron chi connectivity index (χ0n) is 16.0. The molecule has 0 saturated carbocycles. The van der Waals surface area contributed by atoms with Crippen molar-refractivity contribution in [2.24, 2.45) is 0 Å². The van der Waals surface area contributed by atoms with Crippen LogP contribution in [0.25, 0.3) is 0 Å². The van der Waals surface area contributed by atoms with Crippen molar-refractivity contribution < 1.29 is 27.5 Å². The normalized spacial score (nSPS) is 16.2. The van der Waals surface area contributed by atoms with Gasteiger partial charge in [0, 0.05) is 19.6 Å². The van der Waals surface area contributed by atoms with Crippen LogP contribution in [0.4, 0.5) is 0 Å². The van der Waals surface area contributed by atoms with Crippen molar-refractivity contribution in [2.75, 3.05) is 26.2 Å². The second kappa shape index (κ2) is 10.0. The van der Waals surface area contributed by atoms with Crippen molar-refractivity contribution >= 4 is 39.1 Å². The summed E-state index contributed by atoms with van der Waals surface area (Å²) in [6.07, 6.45) is 1.56. The molecule has 1 unspecified atom stereocenters. The lowest BCUT2D eigenvalue weighted by Gasteiger charge is -2.24. The molecule has 1 aliphatic heterocycles. The summed E-state index contributed by atoms with van der Waals surface area (Å²) in [7, 11) is -3.76. The first kappa shape index (κ1) is 22.9. The van der Waals surface area contributed by atoms with Crippen molar-refractivity contribution in [2.45, 2.75) is 30.5 Å². The van der Waals surface area contributed by atoms with E-state index in [0.717, 1.165) is 19.3 Å². The second-order valence-corrected chi connectivity index (χ2v) is 9.46. The topological polar surface area (TPSA) is 109 Å². The lowest BCUT2D eigenvalue weighted by Crippen LogP contribution is -2.35. The number of benzene rings is 1. The lowest BCUT2D eigenvalue weighted by atomic mass is 10.2. The van der Waals surface area contributed by atoms with Crippen LogP contribution >= 0.6 is 23.2 Å². The summed E-state index contributed by atoms with van der Waals surface area (Å²) in [5.74, 6) is -0.486. The van der Waals surface area contributed by atoms with Gasteiger partial charge in [0.05, 0.1) is 5.02 Å². The number of halogens is 2. The highest BCUT2D eigenvalue weighted by Gasteiger charge is 2.29. The minimum Gasteiger partial charge on any atom is -0.489 e. The number of carbonyl (C=O) groups is 1.